The van der Waals surface area contributed by atoms with E-state index in [-0.39, 0.29) is 6.61 Å². The van der Waals surface area contributed by atoms with Gasteiger partial charge in [-0.25, -0.2) is 4.39 Å². The van der Waals surface area contributed by atoms with Crippen LogP contribution < -0.4 is 4.74 Å². The van der Waals surface area contributed by atoms with Gasteiger partial charge in [0.25, 0.3) is 0 Å². The number of aromatic nitrogens is 1. The van der Waals surface area contributed by atoms with Gasteiger partial charge in [0.15, 0.2) is 6.29 Å². The van der Waals surface area contributed by atoms with E-state index in [1.807, 2.05) is 0 Å². The SMILES string of the molecule is O=Cc1cccc(Cl)c1OCc1cncc(F)c1. The van der Waals surface area contributed by atoms with Crippen LogP contribution in [0.3, 0.4) is 0 Å². The summed E-state index contributed by atoms with van der Waals surface area (Å²) in [7, 11) is 0. The number of aldehydes is 1. The van der Waals surface area contributed by atoms with E-state index < -0.39 is 5.82 Å². The molecule has 0 spiro atoms. The maximum atomic E-state index is 12.9. The third-order valence-corrected chi connectivity index (χ3v) is 2.57. The molecule has 0 bridgehead atoms. The van der Waals surface area contributed by atoms with Gasteiger partial charge in [0, 0.05) is 11.8 Å². The van der Waals surface area contributed by atoms with Crippen molar-refractivity contribution in [2.45, 2.75) is 6.61 Å². The summed E-state index contributed by atoms with van der Waals surface area (Å²) in [6, 6.07) is 6.18. The molecule has 0 atom stereocenters. The molecule has 1 aromatic carbocycles. The summed E-state index contributed by atoms with van der Waals surface area (Å²) < 4.78 is 18.3. The number of carbonyl (C=O) groups excluding carboxylic acids is 1. The Hall–Kier alpha value is -1.94. The van der Waals surface area contributed by atoms with Crippen molar-refractivity contribution < 1.29 is 13.9 Å². The fourth-order valence-corrected chi connectivity index (χ4v) is 1.70. The van der Waals surface area contributed by atoms with E-state index in [1.165, 1.54) is 12.3 Å². The number of para-hydroxylation sites is 1. The van der Waals surface area contributed by atoms with Gasteiger partial charge in [-0.05, 0) is 18.2 Å². The summed E-state index contributed by atoms with van der Waals surface area (Å²) >= 11 is 5.93. The molecule has 18 heavy (non-hydrogen) atoms. The van der Waals surface area contributed by atoms with Crippen molar-refractivity contribution >= 4 is 17.9 Å². The molecular weight excluding hydrogens is 257 g/mol. The molecule has 92 valence electrons. The average Bonchev–Trinajstić information content (AvgIpc) is 2.37. The van der Waals surface area contributed by atoms with Gasteiger partial charge < -0.3 is 4.74 Å². The first kappa shape index (κ1) is 12.5. The lowest BCUT2D eigenvalue weighted by molar-refractivity contribution is 0.111. The first-order valence-corrected chi connectivity index (χ1v) is 5.54. The highest BCUT2D eigenvalue weighted by atomic mass is 35.5. The lowest BCUT2D eigenvalue weighted by atomic mass is 10.2. The Kier molecular flexibility index (Phi) is 3.89. The molecule has 1 heterocycles. The van der Waals surface area contributed by atoms with E-state index in [1.54, 1.807) is 18.2 Å². The second-order valence-corrected chi connectivity index (χ2v) is 3.98. The van der Waals surface area contributed by atoms with Crippen LogP contribution in [0.15, 0.2) is 36.7 Å². The van der Waals surface area contributed by atoms with Crippen molar-refractivity contribution in [3.8, 4) is 5.75 Å². The molecule has 0 aliphatic rings. The van der Waals surface area contributed by atoms with Crippen LogP contribution in [0.5, 0.6) is 5.75 Å². The number of pyridine rings is 1. The fourth-order valence-electron chi connectivity index (χ4n) is 1.46. The van der Waals surface area contributed by atoms with Crippen LogP contribution in [0.25, 0.3) is 0 Å². The number of rotatable bonds is 4. The normalized spacial score (nSPS) is 10.1. The molecule has 0 saturated carbocycles. The highest BCUT2D eigenvalue weighted by Gasteiger charge is 2.08. The fraction of sp³-hybridized carbons (Fsp3) is 0.0769. The van der Waals surface area contributed by atoms with Gasteiger partial charge in [-0.15, -0.1) is 0 Å². The van der Waals surface area contributed by atoms with Gasteiger partial charge in [-0.3, -0.25) is 9.78 Å². The number of carbonyl (C=O) groups is 1. The molecule has 5 heteroatoms. The number of hydrogen-bond acceptors (Lipinski definition) is 3. The van der Waals surface area contributed by atoms with Crippen molar-refractivity contribution in [3.63, 3.8) is 0 Å². The third kappa shape index (κ3) is 2.84. The van der Waals surface area contributed by atoms with Crippen molar-refractivity contribution in [1.82, 2.24) is 4.98 Å². The second-order valence-electron chi connectivity index (χ2n) is 3.58. The number of halogens is 2. The van der Waals surface area contributed by atoms with Gasteiger partial charge in [-0.2, -0.15) is 0 Å². The van der Waals surface area contributed by atoms with Crippen LogP contribution in [0.4, 0.5) is 4.39 Å². The van der Waals surface area contributed by atoms with E-state index in [4.69, 9.17) is 16.3 Å². The molecular formula is C13H9ClFNO2. The van der Waals surface area contributed by atoms with E-state index in [9.17, 15) is 9.18 Å². The Bertz CT molecular complexity index is 575. The number of hydrogen-bond donors (Lipinski definition) is 0. The molecule has 2 rings (SSSR count). The summed E-state index contributed by atoms with van der Waals surface area (Å²) in [6.07, 6.45) is 3.25. The first-order valence-electron chi connectivity index (χ1n) is 5.16. The van der Waals surface area contributed by atoms with Gasteiger partial charge in [0.05, 0.1) is 16.8 Å². The van der Waals surface area contributed by atoms with Crippen molar-refractivity contribution in [1.29, 1.82) is 0 Å². The Morgan fingerprint density at radius 2 is 2.22 bits per heavy atom. The highest BCUT2D eigenvalue weighted by Crippen LogP contribution is 2.28. The molecule has 1 aromatic heterocycles. The number of nitrogens with zero attached hydrogens (tertiary/aromatic N) is 1. The number of ether oxygens (including phenoxy) is 1. The largest absolute Gasteiger partial charge is 0.487 e. The van der Waals surface area contributed by atoms with Gasteiger partial charge in [0.2, 0.25) is 0 Å². The lowest BCUT2D eigenvalue weighted by Gasteiger charge is -2.09. The minimum Gasteiger partial charge on any atom is -0.487 e. The second kappa shape index (κ2) is 5.60. The zero-order valence-corrected chi connectivity index (χ0v) is 10.0. The maximum absolute atomic E-state index is 12.9. The van der Waals surface area contributed by atoms with Crippen molar-refractivity contribution in [3.05, 3.63) is 58.6 Å². The summed E-state index contributed by atoms with van der Waals surface area (Å²) in [5.41, 5.74) is 0.915. The van der Waals surface area contributed by atoms with Crippen molar-refractivity contribution in [2.24, 2.45) is 0 Å². The number of benzene rings is 1. The molecule has 0 unspecified atom stereocenters. The Morgan fingerprint density at radius 3 is 2.94 bits per heavy atom. The first-order chi connectivity index (χ1) is 8.70. The topological polar surface area (TPSA) is 39.2 Å². The zero-order valence-electron chi connectivity index (χ0n) is 9.27. The monoisotopic (exact) mass is 265 g/mol. The van der Waals surface area contributed by atoms with E-state index in [0.717, 1.165) is 6.20 Å². The predicted octanol–water partition coefficient (Wildman–Crippen LogP) is 3.27. The molecule has 0 aliphatic carbocycles. The Balaban J connectivity index is 2.18. The predicted molar refractivity (Wildman–Crippen MR) is 65.4 cm³/mol. The summed E-state index contributed by atoms with van der Waals surface area (Å²) in [5.74, 6) is -0.149. The summed E-state index contributed by atoms with van der Waals surface area (Å²) in [5, 5.41) is 0.337. The van der Waals surface area contributed by atoms with Crippen LogP contribution >= 0.6 is 11.6 Å². The zero-order chi connectivity index (χ0) is 13.0. The van der Waals surface area contributed by atoms with E-state index in [0.29, 0.717) is 28.2 Å². The van der Waals surface area contributed by atoms with Crippen molar-refractivity contribution in [2.75, 3.05) is 0 Å². The molecule has 3 nitrogen and oxygen atoms in total. The highest BCUT2D eigenvalue weighted by molar-refractivity contribution is 6.32. The molecule has 2 aromatic rings. The standard InChI is InChI=1S/C13H9ClFNO2/c14-12-3-1-2-10(7-17)13(12)18-8-9-4-11(15)6-16-5-9/h1-7H,8H2. The minimum atomic E-state index is -0.439. The van der Waals surface area contributed by atoms with Gasteiger partial charge in [-0.1, -0.05) is 17.7 Å². The summed E-state index contributed by atoms with van der Waals surface area (Å²) in [4.78, 5) is 14.5. The van der Waals surface area contributed by atoms with Gasteiger partial charge in [0.1, 0.15) is 18.2 Å². The third-order valence-electron chi connectivity index (χ3n) is 2.27. The molecule has 0 amide bonds. The maximum Gasteiger partial charge on any atom is 0.153 e. The Labute approximate surface area is 108 Å². The van der Waals surface area contributed by atoms with E-state index >= 15 is 0 Å². The summed E-state index contributed by atoms with van der Waals surface area (Å²) in [6.45, 7) is 0.0926. The van der Waals surface area contributed by atoms with E-state index in [2.05, 4.69) is 4.98 Å². The Morgan fingerprint density at radius 1 is 1.39 bits per heavy atom. The van der Waals surface area contributed by atoms with Crippen LogP contribution in [0.1, 0.15) is 15.9 Å². The molecule has 0 radical (unpaired) electrons. The lowest BCUT2D eigenvalue weighted by Crippen LogP contribution is -2.00. The average molecular weight is 266 g/mol. The molecule has 0 fully saturated rings. The smallest absolute Gasteiger partial charge is 0.153 e. The van der Waals surface area contributed by atoms with Crippen LogP contribution in [-0.4, -0.2) is 11.3 Å². The van der Waals surface area contributed by atoms with Gasteiger partial charge >= 0.3 is 0 Å². The van der Waals surface area contributed by atoms with Crippen LogP contribution in [0.2, 0.25) is 5.02 Å². The molecule has 0 N–H and O–H groups in total. The quantitative estimate of drug-likeness (QED) is 0.797. The molecule has 0 saturated heterocycles. The molecule has 0 aliphatic heterocycles. The minimum absolute atomic E-state index is 0.0926. The van der Waals surface area contributed by atoms with Crippen LogP contribution in [-0.2, 0) is 6.61 Å². The van der Waals surface area contributed by atoms with Crippen LogP contribution in [0, 0.1) is 5.82 Å².